The molecule has 196 valence electrons. The molecule has 3 aromatic rings. The lowest BCUT2D eigenvalue weighted by atomic mass is 9.73. The first kappa shape index (κ1) is 25.5. The molecule has 2 heterocycles. The zero-order chi connectivity index (χ0) is 25.9. The van der Waals surface area contributed by atoms with Crippen molar-refractivity contribution in [3.8, 4) is 11.5 Å². The fraction of sp³-hybridized carbons (Fsp3) is 0.467. The Morgan fingerprint density at radius 2 is 1.95 bits per heavy atom. The number of aromatic nitrogens is 1. The van der Waals surface area contributed by atoms with Crippen LogP contribution in [0.4, 0.5) is 0 Å². The summed E-state index contributed by atoms with van der Waals surface area (Å²) in [7, 11) is 3.33. The molecule has 0 spiro atoms. The molecule has 1 aliphatic carbocycles. The highest BCUT2D eigenvalue weighted by Crippen LogP contribution is 2.45. The van der Waals surface area contributed by atoms with Crippen molar-refractivity contribution < 1.29 is 24.5 Å². The first-order chi connectivity index (χ1) is 18.0. The molecule has 5 rings (SSSR count). The van der Waals surface area contributed by atoms with E-state index in [9.17, 15) is 15.0 Å². The molecule has 2 N–H and O–H groups in total. The Bertz CT molecular complexity index is 1240. The number of carboxylic acid groups (broad SMARTS) is 1. The number of ether oxygens (including phenoxy) is 2. The zero-order valence-corrected chi connectivity index (χ0v) is 21.5. The van der Waals surface area contributed by atoms with Gasteiger partial charge < -0.3 is 19.7 Å². The van der Waals surface area contributed by atoms with Gasteiger partial charge in [-0.05, 0) is 91.9 Å². The number of pyridine rings is 1. The number of aliphatic hydroxyl groups excluding tert-OH is 1. The van der Waals surface area contributed by atoms with Crippen LogP contribution in [0.5, 0.6) is 11.5 Å². The van der Waals surface area contributed by atoms with Crippen molar-refractivity contribution >= 4 is 16.9 Å². The number of hydrogen-bond acceptors (Lipinski definition) is 6. The Balaban J connectivity index is 1.20. The van der Waals surface area contributed by atoms with Gasteiger partial charge in [0.15, 0.2) is 0 Å². The summed E-state index contributed by atoms with van der Waals surface area (Å²) in [5, 5.41) is 22.0. The molecule has 7 nitrogen and oxygen atoms in total. The highest BCUT2D eigenvalue weighted by molar-refractivity contribution is 5.83. The average Bonchev–Trinajstić information content (AvgIpc) is 2.90. The summed E-state index contributed by atoms with van der Waals surface area (Å²) in [4.78, 5) is 19.0. The molecule has 3 atom stereocenters. The van der Waals surface area contributed by atoms with Crippen molar-refractivity contribution in [1.82, 2.24) is 9.88 Å². The van der Waals surface area contributed by atoms with Crippen LogP contribution in [-0.2, 0) is 4.79 Å². The quantitative estimate of drug-likeness (QED) is 0.422. The number of methoxy groups -OCH3 is 2. The number of carbonyl (C=O) groups is 1. The maximum Gasteiger partial charge on any atom is 0.308 e. The van der Waals surface area contributed by atoms with E-state index in [1.165, 1.54) is 5.56 Å². The summed E-state index contributed by atoms with van der Waals surface area (Å²) in [6.45, 7) is 1.48. The van der Waals surface area contributed by atoms with Crippen molar-refractivity contribution in [2.45, 2.75) is 50.2 Å². The molecular formula is C30H36N2O5. The number of aliphatic hydroxyl groups is 1. The minimum absolute atomic E-state index is 0.0520. The largest absolute Gasteiger partial charge is 0.497 e. The second-order valence-corrected chi connectivity index (χ2v) is 10.4. The van der Waals surface area contributed by atoms with Gasteiger partial charge in [0, 0.05) is 24.2 Å². The summed E-state index contributed by atoms with van der Waals surface area (Å²) < 4.78 is 10.9. The molecule has 1 saturated heterocycles. The number of nitrogens with zero attached hydrogens (tertiary/aromatic N) is 2. The van der Waals surface area contributed by atoms with Crippen LogP contribution < -0.4 is 9.47 Å². The van der Waals surface area contributed by atoms with Crippen LogP contribution in [0.2, 0.25) is 0 Å². The van der Waals surface area contributed by atoms with Crippen LogP contribution in [0.25, 0.3) is 10.9 Å². The van der Waals surface area contributed by atoms with Crippen molar-refractivity contribution in [3.63, 3.8) is 0 Å². The molecule has 37 heavy (non-hydrogen) atoms. The highest BCUT2D eigenvalue weighted by atomic mass is 16.5. The number of rotatable bonds is 9. The van der Waals surface area contributed by atoms with E-state index in [4.69, 9.17) is 9.47 Å². The number of likely N-dealkylation sites (tertiary alicyclic amines) is 1. The van der Waals surface area contributed by atoms with E-state index in [-0.39, 0.29) is 5.92 Å². The summed E-state index contributed by atoms with van der Waals surface area (Å²) >= 11 is 0. The van der Waals surface area contributed by atoms with Gasteiger partial charge >= 0.3 is 5.97 Å². The first-order valence-corrected chi connectivity index (χ1v) is 13.2. The van der Waals surface area contributed by atoms with E-state index in [1.54, 1.807) is 20.4 Å². The Morgan fingerprint density at radius 3 is 2.70 bits per heavy atom. The number of aliphatic carboxylic acids is 1. The van der Waals surface area contributed by atoms with Gasteiger partial charge in [-0.1, -0.05) is 18.2 Å². The third-order valence-electron chi connectivity index (χ3n) is 8.47. The van der Waals surface area contributed by atoms with E-state index in [1.807, 2.05) is 36.4 Å². The van der Waals surface area contributed by atoms with Gasteiger partial charge in [-0.25, -0.2) is 0 Å². The summed E-state index contributed by atoms with van der Waals surface area (Å²) in [5.41, 5.74) is 2.87. The van der Waals surface area contributed by atoms with Gasteiger partial charge in [-0.15, -0.1) is 0 Å². The molecule has 2 aliphatic rings. The van der Waals surface area contributed by atoms with Crippen LogP contribution >= 0.6 is 0 Å². The van der Waals surface area contributed by atoms with Crippen LogP contribution in [0.15, 0.2) is 54.7 Å². The fourth-order valence-electron chi connectivity index (χ4n) is 6.22. The number of hydrogen-bond donors (Lipinski definition) is 2. The van der Waals surface area contributed by atoms with Gasteiger partial charge in [0.2, 0.25) is 0 Å². The normalized spacial score (nSPS) is 24.8. The van der Waals surface area contributed by atoms with E-state index >= 15 is 0 Å². The number of benzene rings is 2. The zero-order valence-electron chi connectivity index (χ0n) is 21.5. The summed E-state index contributed by atoms with van der Waals surface area (Å²) in [6, 6.07) is 16.1. The summed E-state index contributed by atoms with van der Waals surface area (Å²) in [6.07, 6.45) is 5.13. The van der Waals surface area contributed by atoms with E-state index < -0.39 is 18.0 Å². The SMILES string of the molecule is COc1ccc2nccc([C@@H](O)CC[C@@H]3CCN(C4CC(c5ccccc5OC)C4)C[C@@H]3C(=O)O)c2c1. The number of carboxylic acids is 1. The molecule has 1 saturated carbocycles. The van der Waals surface area contributed by atoms with Crippen LogP contribution in [0.1, 0.15) is 55.3 Å². The Labute approximate surface area is 218 Å². The molecule has 0 amide bonds. The van der Waals surface area contributed by atoms with Gasteiger partial charge in [0.1, 0.15) is 11.5 Å². The van der Waals surface area contributed by atoms with Crippen LogP contribution in [0, 0.1) is 11.8 Å². The van der Waals surface area contributed by atoms with E-state index in [2.05, 4.69) is 22.0 Å². The van der Waals surface area contributed by atoms with Crippen molar-refractivity contribution in [3.05, 3.63) is 65.9 Å². The van der Waals surface area contributed by atoms with Gasteiger partial charge in [-0.2, -0.15) is 0 Å². The maximum atomic E-state index is 12.2. The monoisotopic (exact) mass is 504 g/mol. The number of para-hydroxylation sites is 1. The highest BCUT2D eigenvalue weighted by Gasteiger charge is 2.41. The molecule has 1 aromatic heterocycles. The molecule has 0 radical (unpaired) electrons. The molecule has 0 bridgehead atoms. The predicted molar refractivity (Wildman–Crippen MR) is 142 cm³/mol. The first-order valence-electron chi connectivity index (χ1n) is 13.2. The molecule has 1 aliphatic heterocycles. The Hall–Kier alpha value is -3.16. The second-order valence-electron chi connectivity index (χ2n) is 10.4. The second kappa shape index (κ2) is 11.1. The van der Waals surface area contributed by atoms with Crippen molar-refractivity contribution in [2.75, 3.05) is 27.3 Å². The minimum atomic E-state index is -0.733. The molecule has 0 unspecified atom stereocenters. The standard InChI is InChI=1S/C30H36N2O5/c1-36-22-8-9-27-25(17-22)24(11-13-31-27)28(33)10-7-19-12-14-32(18-26(19)30(34)35)21-15-20(16-21)23-5-3-4-6-29(23)37-2/h3-6,8-9,11,13,17,19-21,26,28,33H,7,10,12,14-16,18H2,1-2H3,(H,34,35)/t19-,20?,21?,26+,28+/m1/s1. The van der Waals surface area contributed by atoms with Gasteiger partial charge in [0.05, 0.1) is 31.8 Å². The average molecular weight is 505 g/mol. The smallest absolute Gasteiger partial charge is 0.308 e. The van der Waals surface area contributed by atoms with Crippen molar-refractivity contribution in [2.24, 2.45) is 11.8 Å². The van der Waals surface area contributed by atoms with Gasteiger partial charge in [-0.3, -0.25) is 14.7 Å². The van der Waals surface area contributed by atoms with Crippen LogP contribution in [-0.4, -0.2) is 59.4 Å². The van der Waals surface area contributed by atoms with Crippen molar-refractivity contribution in [1.29, 1.82) is 0 Å². The molecule has 2 aromatic carbocycles. The fourth-order valence-corrected chi connectivity index (χ4v) is 6.22. The lowest BCUT2D eigenvalue weighted by Gasteiger charge is -2.47. The van der Waals surface area contributed by atoms with E-state index in [0.717, 1.165) is 53.8 Å². The predicted octanol–water partition coefficient (Wildman–Crippen LogP) is 5.03. The Morgan fingerprint density at radius 1 is 1.14 bits per heavy atom. The minimum Gasteiger partial charge on any atom is -0.497 e. The number of piperidine rings is 1. The third-order valence-corrected chi connectivity index (χ3v) is 8.47. The Kier molecular flexibility index (Phi) is 7.63. The summed E-state index contributed by atoms with van der Waals surface area (Å²) in [5.74, 6) is 1.02. The maximum absolute atomic E-state index is 12.2. The molecular weight excluding hydrogens is 468 g/mol. The van der Waals surface area contributed by atoms with E-state index in [0.29, 0.717) is 31.3 Å². The van der Waals surface area contributed by atoms with Crippen LogP contribution in [0.3, 0.4) is 0 Å². The lowest BCUT2D eigenvalue weighted by molar-refractivity contribution is -0.147. The number of fused-ring (bicyclic) bond motifs is 1. The topological polar surface area (TPSA) is 92.1 Å². The molecule has 7 heteroatoms. The third kappa shape index (κ3) is 5.29. The van der Waals surface area contributed by atoms with Gasteiger partial charge in [0.25, 0.3) is 0 Å². The lowest BCUT2D eigenvalue weighted by Crippen LogP contribution is -2.52. The molecule has 2 fully saturated rings.